The summed E-state index contributed by atoms with van der Waals surface area (Å²) in [5.41, 5.74) is 5.38. The van der Waals surface area contributed by atoms with E-state index in [0.717, 1.165) is 68.0 Å². The van der Waals surface area contributed by atoms with Crippen molar-refractivity contribution in [1.29, 1.82) is 0 Å². The second kappa shape index (κ2) is 8.42. The van der Waals surface area contributed by atoms with Gasteiger partial charge in [-0.15, -0.1) is 0 Å². The number of piperidine rings is 1. The predicted molar refractivity (Wildman–Crippen MR) is 115 cm³/mol. The molecule has 1 atom stereocenters. The SMILES string of the molecule is Cc1nc2cc([C@@H]3CCCN3C(C)C)nn2c(C)c1CCC(=O)N1CCCCC1. The number of carbonyl (C=O) groups excluding carboxylic acids is 1. The number of nitrogens with zero attached hydrogens (tertiary/aromatic N) is 5. The highest BCUT2D eigenvalue weighted by atomic mass is 16.2. The number of rotatable bonds is 5. The number of aromatic nitrogens is 3. The smallest absolute Gasteiger partial charge is 0.222 e. The third-order valence-electron chi connectivity index (χ3n) is 6.78. The van der Waals surface area contributed by atoms with Crippen molar-refractivity contribution in [1.82, 2.24) is 24.4 Å². The van der Waals surface area contributed by atoms with Crippen LogP contribution in [0.2, 0.25) is 0 Å². The first-order chi connectivity index (χ1) is 14.0. The molecule has 158 valence electrons. The molecule has 2 aliphatic rings. The summed E-state index contributed by atoms with van der Waals surface area (Å²) in [6, 6.07) is 3.08. The van der Waals surface area contributed by atoms with E-state index < -0.39 is 0 Å². The topological polar surface area (TPSA) is 53.7 Å². The van der Waals surface area contributed by atoms with Gasteiger partial charge in [0.05, 0.1) is 11.7 Å². The van der Waals surface area contributed by atoms with E-state index in [-0.39, 0.29) is 5.91 Å². The summed E-state index contributed by atoms with van der Waals surface area (Å²) in [6.45, 7) is 11.7. The molecule has 2 fully saturated rings. The first-order valence-electron chi connectivity index (χ1n) is 11.3. The van der Waals surface area contributed by atoms with Gasteiger partial charge >= 0.3 is 0 Å². The summed E-state index contributed by atoms with van der Waals surface area (Å²) in [5, 5.41) is 4.96. The third kappa shape index (κ3) is 4.04. The van der Waals surface area contributed by atoms with Gasteiger partial charge in [0.25, 0.3) is 0 Å². The number of hydrogen-bond acceptors (Lipinski definition) is 4. The molecule has 4 rings (SSSR count). The zero-order valence-electron chi connectivity index (χ0n) is 18.4. The van der Waals surface area contributed by atoms with Crippen molar-refractivity contribution in [3.63, 3.8) is 0 Å². The van der Waals surface area contributed by atoms with Gasteiger partial charge in [-0.1, -0.05) is 0 Å². The van der Waals surface area contributed by atoms with Crippen molar-refractivity contribution in [3.05, 3.63) is 28.7 Å². The van der Waals surface area contributed by atoms with Crippen LogP contribution in [0, 0.1) is 13.8 Å². The Morgan fingerprint density at radius 3 is 2.62 bits per heavy atom. The summed E-state index contributed by atoms with van der Waals surface area (Å²) in [4.78, 5) is 22.0. The highest BCUT2D eigenvalue weighted by Crippen LogP contribution is 2.33. The van der Waals surface area contributed by atoms with E-state index >= 15 is 0 Å². The first kappa shape index (κ1) is 20.3. The second-order valence-corrected chi connectivity index (χ2v) is 9.03. The van der Waals surface area contributed by atoms with Gasteiger partial charge < -0.3 is 4.90 Å². The lowest BCUT2D eigenvalue weighted by molar-refractivity contribution is -0.132. The molecule has 0 radical (unpaired) electrons. The van der Waals surface area contributed by atoms with Crippen LogP contribution in [0.15, 0.2) is 6.07 Å². The quantitative estimate of drug-likeness (QED) is 0.769. The molecule has 2 saturated heterocycles. The Kier molecular flexibility index (Phi) is 5.91. The molecular formula is C23H35N5O. The molecule has 2 aliphatic heterocycles. The normalized spacial score (nSPS) is 20.9. The van der Waals surface area contributed by atoms with Gasteiger partial charge in [-0.3, -0.25) is 9.69 Å². The minimum Gasteiger partial charge on any atom is -0.343 e. The summed E-state index contributed by atoms with van der Waals surface area (Å²) in [7, 11) is 0. The van der Waals surface area contributed by atoms with Gasteiger partial charge in [-0.05, 0) is 78.3 Å². The molecule has 2 aromatic heterocycles. The molecule has 1 amide bonds. The minimum atomic E-state index is 0.281. The van der Waals surface area contributed by atoms with E-state index in [2.05, 4.69) is 38.7 Å². The van der Waals surface area contributed by atoms with Crippen LogP contribution in [0.4, 0.5) is 0 Å². The van der Waals surface area contributed by atoms with E-state index in [1.807, 2.05) is 9.42 Å². The van der Waals surface area contributed by atoms with Gasteiger partial charge in [0.1, 0.15) is 0 Å². The monoisotopic (exact) mass is 397 g/mol. The van der Waals surface area contributed by atoms with Crippen molar-refractivity contribution >= 4 is 11.6 Å². The third-order valence-corrected chi connectivity index (χ3v) is 6.78. The van der Waals surface area contributed by atoms with E-state index in [4.69, 9.17) is 10.1 Å². The molecule has 0 aromatic carbocycles. The molecule has 0 spiro atoms. The Labute approximate surface area is 174 Å². The van der Waals surface area contributed by atoms with Crippen molar-refractivity contribution in [2.45, 2.75) is 84.7 Å². The molecule has 0 unspecified atom stereocenters. The van der Waals surface area contributed by atoms with Crippen molar-refractivity contribution in [2.24, 2.45) is 0 Å². The molecule has 6 heteroatoms. The van der Waals surface area contributed by atoms with Crippen LogP contribution in [0.3, 0.4) is 0 Å². The average Bonchev–Trinajstić information content (AvgIpc) is 3.35. The van der Waals surface area contributed by atoms with E-state index in [9.17, 15) is 4.79 Å². The van der Waals surface area contributed by atoms with Crippen molar-refractivity contribution < 1.29 is 4.79 Å². The van der Waals surface area contributed by atoms with Crippen molar-refractivity contribution in [3.8, 4) is 0 Å². The number of hydrogen-bond donors (Lipinski definition) is 0. The Morgan fingerprint density at radius 2 is 1.90 bits per heavy atom. The van der Waals surface area contributed by atoms with Gasteiger partial charge in [0.2, 0.25) is 5.91 Å². The lowest BCUT2D eigenvalue weighted by atomic mass is 10.0. The molecule has 2 aromatic rings. The maximum absolute atomic E-state index is 12.6. The Balaban J connectivity index is 1.55. The Morgan fingerprint density at radius 1 is 1.14 bits per heavy atom. The van der Waals surface area contributed by atoms with Crippen LogP contribution >= 0.6 is 0 Å². The molecule has 0 saturated carbocycles. The number of fused-ring (bicyclic) bond motifs is 1. The molecule has 29 heavy (non-hydrogen) atoms. The van der Waals surface area contributed by atoms with Crippen molar-refractivity contribution in [2.75, 3.05) is 19.6 Å². The fraction of sp³-hybridized carbons (Fsp3) is 0.696. The number of amides is 1. The Hall–Kier alpha value is -1.95. The average molecular weight is 398 g/mol. The molecule has 0 aliphatic carbocycles. The maximum Gasteiger partial charge on any atom is 0.222 e. The van der Waals surface area contributed by atoms with E-state index in [1.165, 1.54) is 18.4 Å². The highest BCUT2D eigenvalue weighted by molar-refractivity contribution is 5.76. The van der Waals surface area contributed by atoms with Crippen LogP contribution in [0.5, 0.6) is 0 Å². The number of carbonyl (C=O) groups is 1. The van der Waals surface area contributed by atoms with Gasteiger partial charge in [0.15, 0.2) is 5.65 Å². The Bertz CT molecular complexity index is 881. The highest BCUT2D eigenvalue weighted by Gasteiger charge is 2.30. The fourth-order valence-electron chi connectivity index (χ4n) is 5.13. The first-order valence-corrected chi connectivity index (χ1v) is 11.3. The van der Waals surface area contributed by atoms with Crippen LogP contribution < -0.4 is 0 Å². The molecule has 0 bridgehead atoms. The largest absolute Gasteiger partial charge is 0.343 e. The lowest BCUT2D eigenvalue weighted by Gasteiger charge is -2.27. The van der Waals surface area contributed by atoms with E-state index in [1.54, 1.807) is 0 Å². The standard InChI is InChI=1S/C23H35N5O/c1-16(2)27-14-8-9-21(27)20-15-22-24-17(3)19(18(4)28(22)25-20)10-11-23(29)26-12-6-5-7-13-26/h15-16,21H,5-14H2,1-4H3/t21-/m0/s1. The molecular weight excluding hydrogens is 362 g/mol. The summed E-state index contributed by atoms with van der Waals surface area (Å²) in [6.07, 6.45) is 7.23. The predicted octanol–water partition coefficient (Wildman–Crippen LogP) is 3.84. The molecule has 6 nitrogen and oxygen atoms in total. The van der Waals surface area contributed by atoms with Crippen LogP contribution in [-0.2, 0) is 11.2 Å². The number of aryl methyl sites for hydroxylation is 2. The van der Waals surface area contributed by atoms with Crippen LogP contribution in [0.25, 0.3) is 5.65 Å². The van der Waals surface area contributed by atoms with Crippen LogP contribution in [0.1, 0.15) is 81.1 Å². The zero-order valence-corrected chi connectivity index (χ0v) is 18.4. The van der Waals surface area contributed by atoms with Gasteiger partial charge in [-0.25, -0.2) is 9.50 Å². The maximum atomic E-state index is 12.6. The molecule has 0 N–H and O–H groups in total. The summed E-state index contributed by atoms with van der Waals surface area (Å²) >= 11 is 0. The summed E-state index contributed by atoms with van der Waals surface area (Å²) < 4.78 is 2.00. The second-order valence-electron chi connectivity index (χ2n) is 9.03. The fourth-order valence-corrected chi connectivity index (χ4v) is 5.13. The zero-order chi connectivity index (χ0) is 20.5. The number of likely N-dealkylation sites (tertiary alicyclic amines) is 2. The van der Waals surface area contributed by atoms with Gasteiger partial charge in [-0.2, -0.15) is 5.10 Å². The summed E-state index contributed by atoms with van der Waals surface area (Å²) in [5.74, 6) is 0.281. The van der Waals surface area contributed by atoms with E-state index in [0.29, 0.717) is 18.5 Å². The lowest BCUT2D eigenvalue weighted by Crippen LogP contribution is -2.35. The minimum absolute atomic E-state index is 0.281. The van der Waals surface area contributed by atoms with Crippen LogP contribution in [-0.4, -0.2) is 56.0 Å². The van der Waals surface area contributed by atoms with Gasteiger partial charge in [0, 0.05) is 43.0 Å². The molecule has 4 heterocycles.